The van der Waals surface area contributed by atoms with Crippen molar-refractivity contribution in [2.45, 2.75) is 26.8 Å². The first-order chi connectivity index (χ1) is 16.3. The Labute approximate surface area is 204 Å². The second-order valence-electron chi connectivity index (χ2n) is 8.79. The van der Waals surface area contributed by atoms with Gasteiger partial charge in [-0.3, -0.25) is 14.5 Å². The van der Waals surface area contributed by atoms with Crippen molar-refractivity contribution < 1.29 is 19.4 Å². The summed E-state index contributed by atoms with van der Waals surface area (Å²) in [7, 11) is 0. The number of aliphatic hydroxyl groups is 1. The number of carbonyl (C=O) groups is 2. The van der Waals surface area contributed by atoms with Gasteiger partial charge in [-0.15, -0.1) is 0 Å². The lowest BCUT2D eigenvalue weighted by molar-refractivity contribution is -0.132. The van der Waals surface area contributed by atoms with Crippen LogP contribution >= 0.6 is 11.6 Å². The predicted octanol–water partition coefficient (Wildman–Crippen LogP) is 6.31. The van der Waals surface area contributed by atoms with Crippen LogP contribution in [0.5, 0.6) is 5.75 Å². The van der Waals surface area contributed by atoms with Crippen LogP contribution in [0.3, 0.4) is 0 Å². The van der Waals surface area contributed by atoms with Gasteiger partial charge in [0, 0.05) is 16.3 Å². The molecule has 1 amide bonds. The third-order valence-corrected chi connectivity index (χ3v) is 5.87. The zero-order chi connectivity index (χ0) is 24.4. The van der Waals surface area contributed by atoms with Crippen LogP contribution < -0.4 is 9.64 Å². The molecular weight excluding hydrogens is 450 g/mol. The summed E-state index contributed by atoms with van der Waals surface area (Å²) < 4.78 is 5.79. The monoisotopic (exact) mass is 475 g/mol. The lowest BCUT2D eigenvalue weighted by atomic mass is 9.95. The van der Waals surface area contributed by atoms with Gasteiger partial charge in [0.05, 0.1) is 18.2 Å². The average molecular weight is 476 g/mol. The number of amides is 1. The molecule has 34 heavy (non-hydrogen) atoms. The van der Waals surface area contributed by atoms with Crippen LogP contribution in [0.2, 0.25) is 5.02 Å². The van der Waals surface area contributed by atoms with E-state index in [1.807, 2.05) is 49.4 Å². The highest BCUT2D eigenvalue weighted by Gasteiger charge is 2.47. The molecule has 3 aromatic carbocycles. The maximum Gasteiger partial charge on any atom is 0.300 e. The number of aliphatic hydroxyl groups excluding tert-OH is 1. The summed E-state index contributed by atoms with van der Waals surface area (Å²) in [5, 5.41) is 11.7. The van der Waals surface area contributed by atoms with E-state index in [0.717, 1.165) is 5.56 Å². The molecule has 4 rings (SSSR count). The molecule has 1 atom stereocenters. The number of benzene rings is 3. The number of anilines is 1. The molecule has 1 unspecified atom stereocenters. The fourth-order valence-electron chi connectivity index (χ4n) is 3.96. The first-order valence-corrected chi connectivity index (χ1v) is 11.5. The minimum Gasteiger partial charge on any atom is -0.507 e. The lowest BCUT2D eigenvalue weighted by Crippen LogP contribution is -2.29. The molecule has 0 radical (unpaired) electrons. The maximum absolute atomic E-state index is 13.2. The summed E-state index contributed by atoms with van der Waals surface area (Å²) in [6.07, 6.45) is 0. The Bertz CT molecular complexity index is 1250. The maximum atomic E-state index is 13.2. The first-order valence-electron chi connectivity index (χ1n) is 11.1. The number of Topliss-reactive ketones (excluding diaryl/α,β-unsaturated/α-hetero) is 1. The molecular formula is C28H26ClNO4. The van der Waals surface area contributed by atoms with Crippen molar-refractivity contribution in [1.29, 1.82) is 0 Å². The minimum atomic E-state index is -0.795. The number of nitrogens with zero attached hydrogens (tertiary/aromatic N) is 1. The lowest BCUT2D eigenvalue weighted by Gasteiger charge is -2.26. The van der Waals surface area contributed by atoms with Crippen molar-refractivity contribution >= 4 is 34.7 Å². The quantitative estimate of drug-likeness (QED) is 0.258. The highest BCUT2D eigenvalue weighted by molar-refractivity contribution is 6.51. The van der Waals surface area contributed by atoms with Gasteiger partial charge in [-0.25, -0.2) is 0 Å². The summed E-state index contributed by atoms with van der Waals surface area (Å²) in [6.45, 7) is 6.64. The van der Waals surface area contributed by atoms with Crippen LogP contribution in [0.1, 0.15) is 36.6 Å². The van der Waals surface area contributed by atoms with Crippen LogP contribution in [0.25, 0.3) is 5.76 Å². The Hall–Kier alpha value is -3.57. The SMILES string of the molecule is Cc1cccc(N2C(=O)C(=O)/C(=C(/O)c3ccc(Cl)cc3)C2c2ccc(OCC(C)C)cc2)c1. The summed E-state index contributed by atoms with van der Waals surface area (Å²) in [4.78, 5) is 27.9. The zero-order valence-electron chi connectivity index (χ0n) is 19.3. The molecule has 1 fully saturated rings. The standard InChI is InChI=1S/C28H26ClNO4/c1-17(2)16-34-23-13-9-19(10-14-23)25-24(26(31)20-7-11-21(29)12-8-20)27(32)28(33)30(25)22-6-4-5-18(3)15-22/h4-15,17,25,31H,16H2,1-3H3/b26-24+. The van der Waals surface area contributed by atoms with Crippen LogP contribution in [0.15, 0.2) is 78.4 Å². The molecule has 0 saturated carbocycles. The first kappa shape index (κ1) is 23.6. The van der Waals surface area contributed by atoms with E-state index in [9.17, 15) is 14.7 Å². The molecule has 0 aromatic heterocycles. The predicted molar refractivity (Wildman–Crippen MR) is 134 cm³/mol. The van der Waals surface area contributed by atoms with Crippen LogP contribution in [0.4, 0.5) is 5.69 Å². The Kier molecular flexibility index (Phi) is 6.75. The van der Waals surface area contributed by atoms with Gasteiger partial charge in [-0.05, 0) is 72.5 Å². The molecule has 0 spiro atoms. The third kappa shape index (κ3) is 4.70. The van der Waals surface area contributed by atoms with Crippen molar-refractivity contribution in [2.24, 2.45) is 5.92 Å². The second-order valence-corrected chi connectivity index (χ2v) is 9.23. The molecule has 1 heterocycles. The van der Waals surface area contributed by atoms with E-state index >= 15 is 0 Å². The summed E-state index contributed by atoms with van der Waals surface area (Å²) >= 11 is 5.99. The summed E-state index contributed by atoms with van der Waals surface area (Å²) in [5.41, 5.74) is 2.67. The molecule has 6 heteroatoms. The average Bonchev–Trinajstić information content (AvgIpc) is 3.08. The van der Waals surface area contributed by atoms with Crippen molar-refractivity contribution in [1.82, 2.24) is 0 Å². The normalized spacial score (nSPS) is 17.4. The van der Waals surface area contributed by atoms with Gasteiger partial charge < -0.3 is 9.84 Å². The van der Waals surface area contributed by atoms with E-state index < -0.39 is 17.7 Å². The molecule has 1 aliphatic rings. The Morgan fingerprint density at radius 1 is 1.03 bits per heavy atom. The van der Waals surface area contributed by atoms with E-state index in [2.05, 4.69) is 13.8 Å². The van der Waals surface area contributed by atoms with Gasteiger partial charge in [0.1, 0.15) is 11.5 Å². The van der Waals surface area contributed by atoms with Gasteiger partial charge in [0.2, 0.25) is 0 Å². The number of hydrogen-bond donors (Lipinski definition) is 1. The van der Waals surface area contributed by atoms with Gasteiger partial charge in [0.15, 0.2) is 0 Å². The second kappa shape index (κ2) is 9.74. The topological polar surface area (TPSA) is 66.8 Å². The van der Waals surface area contributed by atoms with Gasteiger partial charge in [-0.1, -0.05) is 49.7 Å². The number of hydrogen-bond acceptors (Lipinski definition) is 4. The Balaban J connectivity index is 1.84. The molecule has 3 aromatic rings. The Morgan fingerprint density at radius 3 is 2.32 bits per heavy atom. The summed E-state index contributed by atoms with van der Waals surface area (Å²) in [6, 6.07) is 20.4. The molecule has 174 valence electrons. The van der Waals surface area contributed by atoms with E-state index in [0.29, 0.717) is 40.1 Å². The molecule has 5 nitrogen and oxygen atoms in total. The van der Waals surface area contributed by atoms with E-state index in [1.54, 1.807) is 30.3 Å². The highest BCUT2D eigenvalue weighted by atomic mass is 35.5. The van der Waals surface area contributed by atoms with Crippen LogP contribution in [-0.2, 0) is 9.59 Å². The molecule has 1 saturated heterocycles. The third-order valence-electron chi connectivity index (χ3n) is 5.62. The van der Waals surface area contributed by atoms with Crippen molar-refractivity contribution in [2.75, 3.05) is 11.5 Å². The van der Waals surface area contributed by atoms with Crippen molar-refractivity contribution in [3.05, 3.63) is 100 Å². The largest absolute Gasteiger partial charge is 0.507 e. The van der Waals surface area contributed by atoms with E-state index in [1.165, 1.54) is 4.90 Å². The molecule has 0 aliphatic carbocycles. The van der Waals surface area contributed by atoms with E-state index in [4.69, 9.17) is 16.3 Å². The van der Waals surface area contributed by atoms with E-state index in [-0.39, 0.29) is 11.3 Å². The molecule has 0 bridgehead atoms. The Morgan fingerprint density at radius 2 is 1.71 bits per heavy atom. The minimum absolute atomic E-state index is 0.0321. The van der Waals surface area contributed by atoms with Gasteiger partial charge in [-0.2, -0.15) is 0 Å². The number of carbonyl (C=O) groups excluding carboxylic acids is 2. The molecule has 1 aliphatic heterocycles. The molecule has 1 N–H and O–H groups in total. The fourth-order valence-corrected chi connectivity index (χ4v) is 4.09. The van der Waals surface area contributed by atoms with Crippen LogP contribution in [0, 0.1) is 12.8 Å². The zero-order valence-corrected chi connectivity index (χ0v) is 20.0. The fraction of sp³-hybridized carbons (Fsp3) is 0.214. The van der Waals surface area contributed by atoms with Crippen LogP contribution in [-0.4, -0.2) is 23.4 Å². The number of rotatable bonds is 6. The smallest absolute Gasteiger partial charge is 0.300 e. The summed E-state index contributed by atoms with van der Waals surface area (Å²) in [5.74, 6) is -0.587. The number of ketones is 1. The van der Waals surface area contributed by atoms with Crippen molar-refractivity contribution in [3.63, 3.8) is 0 Å². The number of halogens is 1. The van der Waals surface area contributed by atoms with Gasteiger partial charge >= 0.3 is 0 Å². The number of ether oxygens (including phenoxy) is 1. The van der Waals surface area contributed by atoms with Crippen molar-refractivity contribution in [3.8, 4) is 5.75 Å². The van der Waals surface area contributed by atoms with Gasteiger partial charge in [0.25, 0.3) is 11.7 Å². The number of aryl methyl sites for hydroxylation is 1. The highest BCUT2D eigenvalue weighted by Crippen LogP contribution is 2.42.